The SMILES string of the molecule is O=C(Nc1cccnc1)C1CCN(S(=O)(=O)Cc2ccccc2)CC1. The first-order chi connectivity index (χ1) is 12.0. The van der Waals surface area contributed by atoms with Gasteiger partial charge in [0.25, 0.3) is 0 Å². The standard InChI is InChI=1S/C18H21N3O3S/c22-18(20-17-7-4-10-19-13-17)16-8-11-21(12-9-16)25(23,24)14-15-5-2-1-3-6-15/h1-7,10,13,16H,8-9,11-12,14H2,(H,20,22). The Hall–Kier alpha value is -2.25. The molecule has 1 N–H and O–H groups in total. The van der Waals surface area contributed by atoms with Gasteiger partial charge in [0.2, 0.25) is 15.9 Å². The number of hydrogen-bond donors (Lipinski definition) is 1. The van der Waals surface area contributed by atoms with Gasteiger partial charge in [0.15, 0.2) is 0 Å². The second-order valence-corrected chi connectivity index (χ2v) is 8.11. The van der Waals surface area contributed by atoms with E-state index in [1.807, 2.05) is 30.3 Å². The van der Waals surface area contributed by atoms with E-state index < -0.39 is 10.0 Å². The Kier molecular flexibility index (Phi) is 5.45. The smallest absolute Gasteiger partial charge is 0.227 e. The molecular formula is C18H21N3O3S. The van der Waals surface area contributed by atoms with E-state index in [-0.39, 0.29) is 17.6 Å². The highest BCUT2D eigenvalue weighted by molar-refractivity contribution is 7.88. The number of carbonyl (C=O) groups excluding carboxylic acids is 1. The van der Waals surface area contributed by atoms with E-state index in [0.717, 1.165) is 5.56 Å². The Balaban J connectivity index is 1.55. The molecule has 1 saturated heterocycles. The van der Waals surface area contributed by atoms with Crippen LogP contribution in [0.1, 0.15) is 18.4 Å². The fourth-order valence-corrected chi connectivity index (χ4v) is 4.52. The summed E-state index contributed by atoms with van der Waals surface area (Å²) < 4.78 is 26.6. The van der Waals surface area contributed by atoms with E-state index in [1.54, 1.807) is 24.5 Å². The third-order valence-electron chi connectivity index (χ3n) is 4.34. The molecule has 1 aromatic heterocycles. The zero-order valence-electron chi connectivity index (χ0n) is 13.8. The van der Waals surface area contributed by atoms with E-state index in [2.05, 4.69) is 10.3 Å². The lowest BCUT2D eigenvalue weighted by Crippen LogP contribution is -2.41. The van der Waals surface area contributed by atoms with Crippen LogP contribution in [-0.4, -0.2) is 36.7 Å². The van der Waals surface area contributed by atoms with Gasteiger partial charge >= 0.3 is 0 Å². The highest BCUT2D eigenvalue weighted by atomic mass is 32.2. The minimum atomic E-state index is -3.35. The number of benzene rings is 1. The summed E-state index contributed by atoms with van der Waals surface area (Å²) in [6.07, 6.45) is 4.29. The highest BCUT2D eigenvalue weighted by Crippen LogP contribution is 2.23. The number of nitrogens with zero attached hydrogens (tertiary/aromatic N) is 2. The first-order valence-corrected chi connectivity index (χ1v) is 9.88. The lowest BCUT2D eigenvalue weighted by molar-refractivity contribution is -0.120. The molecule has 0 atom stereocenters. The van der Waals surface area contributed by atoms with Crippen molar-refractivity contribution in [1.82, 2.24) is 9.29 Å². The average Bonchev–Trinajstić information content (AvgIpc) is 2.63. The summed E-state index contributed by atoms with van der Waals surface area (Å²) in [5, 5.41) is 2.84. The van der Waals surface area contributed by atoms with Crippen molar-refractivity contribution < 1.29 is 13.2 Å². The summed E-state index contributed by atoms with van der Waals surface area (Å²) in [4.78, 5) is 16.3. The van der Waals surface area contributed by atoms with Crippen LogP contribution in [0.25, 0.3) is 0 Å². The molecule has 7 heteroatoms. The number of amides is 1. The van der Waals surface area contributed by atoms with Crippen molar-refractivity contribution in [2.24, 2.45) is 5.92 Å². The predicted molar refractivity (Wildman–Crippen MR) is 96.2 cm³/mol. The lowest BCUT2D eigenvalue weighted by atomic mass is 9.97. The van der Waals surface area contributed by atoms with Crippen LogP contribution in [0.5, 0.6) is 0 Å². The molecule has 1 fully saturated rings. The monoisotopic (exact) mass is 359 g/mol. The molecule has 0 saturated carbocycles. The Morgan fingerprint density at radius 2 is 1.84 bits per heavy atom. The number of carbonyl (C=O) groups is 1. The Labute approximate surface area is 147 Å². The van der Waals surface area contributed by atoms with Gasteiger partial charge in [0.05, 0.1) is 17.6 Å². The number of rotatable bonds is 5. The Bertz CT molecular complexity index is 802. The molecule has 0 spiro atoms. The summed E-state index contributed by atoms with van der Waals surface area (Å²) in [7, 11) is -3.35. The quantitative estimate of drug-likeness (QED) is 0.888. The zero-order chi connectivity index (χ0) is 17.7. The lowest BCUT2D eigenvalue weighted by Gasteiger charge is -2.30. The van der Waals surface area contributed by atoms with E-state index in [9.17, 15) is 13.2 Å². The van der Waals surface area contributed by atoms with Gasteiger partial charge in [-0.25, -0.2) is 12.7 Å². The molecule has 1 aliphatic rings. The molecule has 1 aromatic carbocycles. The van der Waals surface area contributed by atoms with Gasteiger partial charge in [0, 0.05) is 25.2 Å². The maximum atomic E-state index is 12.5. The molecule has 1 amide bonds. The van der Waals surface area contributed by atoms with Crippen LogP contribution in [0.15, 0.2) is 54.9 Å². The molecule has 2 heterocycles. The molecule has 25 heavy (non-hydrogen) atoms. The number of anilines is 1. The van der Waals surface area contributed by atoms with Gasteiger partial charge < -0.3 is 5.32 Å². The van der Waals surface area contributed by atoms with Crippen molar-refractivity contribution in [2.45, 2.75) is 18.6 Å². The molecule has 2 aromatic rings. The van der Waals surface area contributed by atoms with Crippen molar-refractivity contribution in [3.63, 3.8) is 0 Å². The first kappa shape index (κ1) is 17.6. The summed E-state index contributed by atoms with van der Waals surface area (Å²) in [6.45, 7) is 0.751. The maximum Gasteiger partial charge on any atom is 0.227 e. The number of piperidine rings is 1. The largest absolute Gasteiger partial charge is 0.324 e. The van der Waals surface area contributed by atoms with Crippen LogP contribution >= 0.6 is 0 Å². The molecular weight excluding hydrogens is 338 g/mol. The summed E-state index contributed by atoms with van der Waals surface area (Å²) >= 11 is 0. The minimum absolute atomic E-state index is 0.000385. The van der Waals surface area contributed by atoms with Crippen molar-refractivity contribution in [2.75, 3.05) is 18.4 Å². The summed E-state index contributed by atoms with van der Waals surface area (Å²) in [5.74, 6) is -0.253. The molecule has 1 aliphatic heterocycles. The summed E-state index contributed by atoms with van der Waals surface area (Å²) in [5.41, 5.74) is 1.44. The fourth-order valence-electron chi connectivity index (χ4n) is 2.95. The van der Waals surface area contributed by atoms with Crippen LogP contribution < -0.4 is 5.32 Å². The normalized spacial score (nSPS) is 16.5. The fraction of sp³-hybridized carbons (Fsp3) is 0.333. The minimum Gasteiger partial charge on any atom is -0.324 e. The number of sulfonamides is 1. The molecule has 0 unspecified atom stereocenters. The number of nitrogens with one attached hydrogen (secondary N) is 1. The van der Waals surface area contributed by atoms with Gasteiger partial charge in [0.1, 0.15) is 0 Å². The molecule has 6 nitrogen and oxygen atoms in total. The van der Waals surface area contributed by atoms with Crippen LogP contribution in [0.2, 0.25) is 0 Å². The van der Waals surface area contributed by atoms with Gasteiger partial charge in [-0.05, 0) is 30.5 Å². The van der Waals surface area contributed by atoms with Crippen LogP contribution in [-0.2, 0) is 20.6 Å². The van der Waals surface area contributed by atoms with E-state index in [1.165, 1.54) is 4.31 Å². The molecule has 132 valence electrons. The number of hydrogen-bond acceptors (Lipinski definition) is 4. The number of aromatic nitrogens is 1. The maximum absolute atomic E-state index is 12.5. The van der Waals surface area contributed by atoms with E-state index in [0.29, 0.717) is 31.6 Å². The molecule has 3 rings (SSSR count). The molecule has 0 bridgehead atoms. The highest BCUT2D eigenvalue weighted by Gasteiger charge is 2.31. The topological polar surface area (TPSA) is 79.4 Å². The van der Waals surface area contributed by atoms with Crippen molar-refractivity contribution >= 4 is 21.6 Å². The molecule has 0 radical (unpaired) electrons. The van der Waals surface area contributed by atoms with Crippen molar-refractivity contribution in [3.8, 4) is 0 Å². The van der Waals surface area contributed by atoms with Gasteiger partial charge in [-0.1, -0.05) is 30.3 Å². The van der Waals surface area contributed by atoms with Crippen molar-refractivity contribution in [1.29, 1.82) is 0 Å². The third-order valence-corrected chi connectivity index (χ3v) is 6.19. The Morgan fingerprint density at radius 3 is 2.48 bits per heavy atom. The van der Waals surface area contributed by atoms with Crippen LogP contribution in [0.3, 0.4) is 0 Å². The molecule has 0 aliphatic carbocycles. The van der Waals surface area contributed by atoms with Crippen LogP contribution in [0.4, 0.5) is 5.69 Å². The van der Waals surface area contributed by atoms with Crippen molar-refractivity contribution in [3.05, 3.63) is 60.4 Å². The third kappa shape index (κ3) is 4.64. The number of pyridine rings is 1. The van der Waals surface area contributed by atoms with Gasteiger partial charge in [-0.2, -0.15) is 0 Å². The van der Waals surface area contributed by atoms with Crippen LogP contribution in [0, 0.1) is 5.92 Å². The van der Waals surface area contributed by atoms with E-state index >= 15 is 0 Å². The predicted octanol–water partition coefficient (Wildman–Crippen LogP) is 2.26. The summed E-state index contributed by atoms with van der Waals surface area (Å²) in [6, 6.07) is 12.7. The van der Waals surface area contributed by atoms with Gasteiger partial charge in [-0.3, -0.25) is 9.78 Å². The Morgan fingerprint density at radius 1 is 1.12 bits per heavy atom. The average molecular weight is 359 g/mol. The second kappa shape index (κ2) is 7.76. The second-order valence-electron chi connectivity index (χ2n) is 6.15. The zero-order valence-corrected chi connectivity index (χ0v) is 14.7. The van der Waals surface area contributed by atoms with Gasteiger partial charge in [-0.15, -0.1) is 0 Å². The van der Waals surface area contributed by atoms with E-state index in [4.69, 9.17) is 0 Å². The first-order valence-electron chi connectivity index (χ1n) is 8.27.